The van der Waals surface area contributed by atoms with Gasteiger partial charge in [-0.15, -0.1) is 0 Å². The highest BCUT2D eigenvalue weighted by atomic mass is 16.3. The van der Waals surface area contributed by atoms with E-state index in [9.17, 15) is 0 Å². The standard InChI is InChI=1S/C15H24N2O/c1-11-9-12(11)14-5-6-15(18-14)13(10-16)17-7-3-2-4-8-17/h5-6,11-13H,2-4,7-10,16H2,1H3. The van der Waals surface area contributed by atoms with Crippen molar-refractivity contribution in [3.8, 4) is 0 Å². The first-order chi connectivity index (χ1) is 8.79. The van der Waals surface area contributed by atoms with Crippen LogP contribution in [0.25, 0.3) is 0 Å². The number of nitrogens with two attached hydrogens (primary N) is 1. The maximum absolute atomic E-state index is 6.06. The molecule has 1 saturated heterocycles. The lowest BCUT2D eigenvalue weighted by Crippen LogP contribution is -2.37. The molecule has 2 aliphatic rings. The topological polar surface area (TPSA) is 42.4 Å². The van der Waals surface area contributed by atoms with E-state index in [-0.39, 0.29) is 6.04 Å². The van der Waals surface area contributed by atoms with Crippen LogP contribution in [0.5, 0.6) is 0 Å². The number of rotatable bonds is 4. The van der Waals surface area contributed by atoms with Gasteiger partial charge in [0.1, 0.15) is 11.5 Å². The fourth-order valence-corrected chi connectivity index (χ4v) is 3.14. The zero-order valence-electron chi connectivity index (χ0n) is 11.3. The van der Waals surface area contributed by atoms with Gasteiger partial charge in [-0.2, -0.15) is 0 Å². The summed E-state index contributed by atoms with van der Waals surface area (Å²) in [4.78, 5) is 2.49. The van der Waals surface area contributed by atoms with Crippen LogP contribution in [0.3, 0.4) is 0 Å². The average molecular weight is 248 g/mol. The molecular formula is C15H24N2O. The number of hydrogen-bond donors (Lipinski definition) is 1. The Morgan fingerprint density at radius 3 is 2.67 bits per heavy atom. The van der Waals surface area contributed by atoms with E-state index < -0.39 is 0 Å². The van der Waals surface area contributed by atoms with Crippen molar-refractivity contribution in [2.45, 2.75) is 44.6 Å². The minimum atomic E-state index is 0.285. The number of likely N-dealkylation sites (tertiary alicyclic amines) is 1. The van der Waals surface area contributed by atoms with Crippen LogP contribution in [-0.2, 0) is 0 Å². The molecule has 1 aliphatic carbocycles. The summed E-state index contributed by atoms with van der Waals surface area (Å²) in [6.07, 6.45) is 5.23. The normalized spacial score (nSPS) is 30.3. The van der Waals surface area contributed by atoms with Crippen molar-refractivity contribution in [1.82, 2.24) is 4.90 Å². The van der Waals surface area contributed by atoms with Crippen LogP contribution in [0, 0.1) is 5.92 Å². The molecule has 3 heteroatoms. The van der Waals surface area contributed by atoms with Gasteiger partial charge in [-0.1, -0.05) is 13.3 Å². The maximum Gasteiger partial charge on any atom is 0.122 e. The molecular weight excluding hydrogens is 224 g/mol. The van der Waals surface area contributed by atoms with Crippen LogP contribution in [0.15, 0.2) is 16.5 Å². The van der Waals surface area contributed by atoms with Gasteiger partial charge in [-0.3, -0.25) is 4.90 Å². The fraction of sp³-hybridized carbons (Fsp3) is 0.733. The van der Waals surface area contributed by atoms with Gasteiger partial charge in [0.25, 0.3) is 0 Å². The van der Waals surface area contributed by atoms with Crippen LogP contribution in [0.4, 0.5) is 0 Å². The van der Waals surface area contributed by atoms with E-state index in [0.29, 0.717) is 12.5 Å². The van der Waals surface area contributed by atoms with Gasteiger partial charge in [0, 0.05) is 12.5 Å². The number of piperidine rings is 1. The molecule has 2 N–H and O–H groups in total. The van der Waals surface area contributed by atoms with Crippen molar-refractivity contribution in [2.75, 3.05) is 19.6 Å². The summed E-state index contributed by atoms with van der Waals surface area (Å²) in [5, 5.41) is 0. The smallest absolute Gasteiger partial charge is 0.122 e. The highest BCUT2D eigenvalue weighted by Gasteiger charge is 2.37. The van der Waals surface area contributed by atoms with Crippen molar-refractivity contribution in [3.05, 3.63) is 23.7 Å². The number of furan rings is 1. The van der Waals surface area contributed by atoms with Gasteiger partial charge in [0.05, 0.1) is 6.04 Å². The SMILES string of the molecule is CC1CC1c1ccc(C(CN)N2CCCCC2)o1. The number of hydrogen-bond acceptors (Lipinski definition) is 3. The Balaban J connectivity index is 1.72. The summed E-state index contributed by atoms with van der Waals surface area (Å²) in [5.74, 6) is 3.72. The Labute approximate surface area is 109 Å². The van der Waals surface area contributed by atoms with Gasteiger partial charge >= 0.3 is 0 Å². The van der Waals surface area contributed by atoms with Crippen molar-refractivity contribution >= 4 is 0 Å². The van der Waals surface area contributed by atoms with E-state index in [1.807, 2.05) is 0 Å². The quantitative estimate of drug-likeness (QED) is 0.891. The van der Waals surface area contributed by atoms with E-state index in [1.54, 1.807) is 0 Å². The molecule has 0 radical (unpaired) electrons. The summed E-state index contributed by atoms with van der Waals surface area (Å²) < 4.78 is 6.06. The predicted octanol–water partition coefficient (Wildman–Crippen LogP) is 2.89. The summed E-state index contributed by atoms with van der Waals surface area (Å²) >= 11 is 0. The van der Waals surface area contributed by atoms with Gasteiger partial charge in [-0.05, 0) is 50.4 Å². The van der Waals surface area contributed by atoms with Crippen LogP contribution < -0.4 is 5.73 Å². The molecule has 1 aliphatic heterocycles. The maximum atomic E-state index is 6.06. The first-order valence-electron chi connectivity index (χ1n) is 7.33. The predicted molar refractivity (Wildman–Crippen MR) is 72.4 cm³/mol. The van der Waals surface area contributed by atoms with E-state index >= 15 is 0 Å². The summed E-state index contributed by atoms with van der Waals surface area (Å²) in [6, 6.07) is 4.59. The Hall–Kier alpha value is -0.800. The molecule has 0 bridgehead atoms. The lowest BCUT2D eigenvalue weighted by Gasteiger charge is -2.32. The van der Waals surface area contributed by atoms with E-state index in [4.69, 9.17) is 10.2 Å². The first kappa shape index (κ1) is 12.2. The van der Waals surface area contributed by atoms with Gasteiger partial charge in [0.2, 0.25) is 0 Å². The molecule has 2 fully saturated rings. The van der Waals surface area contributed by atoms with Gasteiger partial charge < -0.3 is 10.2 Å². The molecule has 1 aromatic rings. The second kappa shape index (κ2) is 5.06. The zero-order chi connectivity index (χ0) is 12.5. The second-order valence-electron chi connectivity index (χ2n) is 5.91. The van der Waals surface area contributed by atoms with Crippen LogP contribution in [-0.4, -0.2) is 24.5 Å². The zero-order valence-corrected chi connectivity index (χ0v) is 11.3. The van der Waals surface area contributed by atoms with Gasteiger partial charge in [-0.25, -0.2) is 0 Å². The molecule has 3 nitrogen and oxygen atoms in total. The molecule has 3 rings (SSSR count). The lowest BCUT2D eigenvalue weighted by atomic mass is 10.1. The van der Waals surface area contributed by atoms with Crippen molar-refractivity contribution in [3.63, 3.8) is 0 Å². The fourth-order valence-electron chi connectivity index (χ4n) is 3.14. The van der Waals surface area contributed by atoms with Gasteiger partial charge in [0.15, 0.2) is 0 Å². The average Bonchev–Trinajstić information content (AvgIpc) is 2.94. The second-order valence-corrected chi connectivity index (χ2v) is 5.91. The molecule has 0 aromatic carbocycles. The third kappa shape index (κ3) is 2.34. The monoisotopic (exact) mass is 248 g/mol. The van der Waals surface area contributed by atoms with E-state index in [0.717, 1.165) is 24.8 Å². The molecule has 100 valence electrons. The Kier molecular flexibility index (Phi) is 3.44. The highest BCUT2D eigenvalue weighted by molar-refractivity contribution is 5.19. The third-order valence-corrected chi connectivity index (χ3v) is 4.51. The minimum absolute atomic E-state index is 0.285. The Morgan fingerprint density at radius 1 is 1.33 bits per heavy atom. The van der Waals surface area contributed by atoms with E-state index in [2.05, 4.69) is 24.0 Å². The van der Waals surface area contributed by atoms with Crippen LogP contribution >= 0.6 is 0 Å². The molecule has 0 amide bonds. The van der Waals surface area contributed by atoms with E-state index in [1.165, 1.54) is 31.4 Å². The van der Waals surface area contributed by atoms with Crippen LogP contribution in [0.2, 0.25) is 0 Å². The van der Waals surface area contributed by atoms with Crippen molar-refractivity contribution < 1.29 is 4.42 Å². The third-order valence-electron chi connectivity index (χ3n) is 4.51. The minimum Gasteiger partial charge on any atom is -0.464 e. The summed E-state index contributed by atoms with van der Waals surface area (Å²) in [7, 11) is 0. The molecule has 1 aromatic heterocycles. The molecule has 2 heterocycles. The lowest BCUT2D eigenvalue weighted by molar-refractivity contribution is 0.148. The van der Waals surface area contributed by atoms with Crippen LogP contribution in [0.1, 0.15) is 56.1 Å². The Bertz CT molecular complexity index is 395. The number of nitrogens with zero attached hydrogens (tertiary/aromatic N) is 1. The summed E-state index contributed by atoms with van der Waals surface area (Å²) in [6.45, 7) is 5.28. The molecule has 0 spiro atoms. The highest BCUT2D eigenvalue weighted by Crippen LogP contribution is 2.47. The van der Waals surface area contributed by atoms with Crippen molar-refractivity contribution in [2.24, 2.45) is 11.7 Å². The molecule has 18 heavy (non-hydrogen) atoms. The molecule has 3 unspecified atom stereocenters. The Morgan fingerprint density at radius 2 is 2.06 bits per heavy atom. The molecule has 3 atom stereocenters. The van der Waals surface area contributed by atoms with Crippen molar-refractivity contribution in [1.29, 1.82) is 0 Å². The molecule has 1 saturated carbocycles. The first-order valence-corrected chi connectivity index (χ1v) is 7.33. The largest absolute Gasteiger partial charge is 0.464 e. The summed E-state index contributed by atoms with van der Waals surface area (Å²) in [5.41, 5.74) is 5.96.